The first-order valence-corrected chi connectivity index (χ1v) is 8.99. The Kier molecular flexibility index (Phi) is 4.42. The number of hydrogen-bond acceptors (Lipinski definition) is 5. The smallest absolute Gasteiger partial charge is 0.297 e. The monoisotopic (exact) mass is 364 g/mol. The van der Waals surface area contributed by atoms with Gasteiger partial charge in [0, 0.05) is 19.1 Å². The number of ether oxygens (including phenoxy) is 2. The van der Waals surface area contributed by atoms with Gasteiger partial charge in [0.2, 0.25) is 5.88 Å². The summed E-state index contributed by atoms with van der Waals surface area (Å²) < 4.78 is 39.6. The van der Waals surface area contributed by atoms with Crippen molar-refractivity contribution in [1.29, 1.82) is 0 Å². The lowest BCUT2D eigenvalue weighted by atomic mass is 10.1. The van der Waals surface area contributed by atoms with E-state index in [1.807, 2.05) is 0 Å². The highest BCUT2D eigenvalue weighted by atomic mass is 19.3. The van der Waals surface area contributed by atoms with E-state index in [-0.39, 0.29) is 12.1 Å². The molecule has 2 fully saturated rings. The zero-order valence-electron chi connectivity index (χ0n) is 14.6. The number of benzene rings is 1. The minimum atomic E-state index is -3.30. The second kappa shape index (κ2) is 6.61. The topological polar surface area (TPSA) is 64.5 Å². The van der Waals surface area contributed by atoms with Crippen LogP contribution in [-0.2, 0) is 10.7 Å². The first kappa shape index (κ1) is 17.4. The van der Waals surface area contributed by atoms with Crippen LogP contribution in [-0.4, -0.2) is 35.4 Å². The van der Waals surface area contributed by atoms with Gasteiger partial charge in [-0.2, -0.15) is 8.78 Å². The summed E-state index contributed by atoms with van der Waals surface area (Å²) in [6.07, 6.45) is 3.14. The molecule has 0 aliphatic heterocycles. The first-order chi connectivity index (χ1) is 12.5. The molecule has 3 atom stereocenters. The van der Waals surface area contributed by atoms with Crippen molar-refractivity contribution in [3.05, 3.63) is 23.9 Å². The van der Waals surface area contributed by atoms with E-state index in [2.05, 4.69) is 9.97 Å². The molecule has 0 spiro atoms. The third kappa shape index (κ3) is 3.32. The number of rotatable bonds is 7. The maximum atomic E-state index is 14.5. The molecule has 140 valence electrons. The predicted octanol–water partition coefficient (Wildman–Crippen LogP) is 3.89. The molecule has 2 unspecified atom stereocenters. The Morgan fingerprint density at radius 3 is 2.77 bits per heavy atom. The Balaban J connectivity index is 1.41. The molecule has 0 saturated heterocycles. The van der Waals surface area contributed by atoms with Gasteiger partial charge in [-0.25, -0.2) is 9.97 Å². The Morgan fingerprint density at radius 2 is 2.08 bits per heavy atom. The summed E-state index contributed by atoms with van der Waals surface area (Å²) in [4.78, 5) is 7.77. The van der Waals surface area contributed by atoms with Crippen molar-refractivity contribution < 1.29 is 23.4 Å². The average Bonchev–Trinajstić information content (AvgIpc) is 3.30. The molecule has 1 N–H and O–H groups in total. The molecule has 26 heavy (non-hydrogen) atoms. The van der Waals surface area contributed by atoms with E-state index < -0.39 is 23.9 Å². The van der Waals surface area contributed by atoms with E-state index in [0.29, 0.717) is 23.8 Å². The number of fused-ring (bicyclic) bond motifs is 2. The van der Waals surface area contributed by atoms with E-state index in [4.69, 9.17) is 9.47 Å². The molecule has 0 bridgehead atoms. The van der Waals surface area contributed by atoms with Gasteiger partial charge in [0.1, 0.15) is 5.75 Å². The molecule has 4 rings (SSSR count). The summed E-state index contributed by atoms with van der Waals surface area (Å²) in [7, 11) is 1.49. The van der Waals surface area contributed by atoms with E-state index in [9.17, 15) is 13.9 Å². The molecule has 2 saturated carbocycles. The van der Waals surface area contributed by atoms with Crippen LogP contribution in [0.15, 0.2) is 18.2 Å². The van der Waals surface area contributed by atoms with Crippen LogP contribution < -0.4 is 4.74 Å². The fourth-order valence-electron chi connectivity index (χ4n) is 3.98. The molecule has 7 heteroatoms. The number of halogens is 2. The molecule has 0 amide bonds. The Hall–Kier alpha value is -2.02. The van der Waals surface area contributed by atoms with E-state index in [1.54, 1.807) is 18.2 Å². The fourth-order valence-corrected chi connectivity index (χ4v) is 3.98. The molecular formula is C19H22F2N2O3. The van der Waals surface area contributed by atoms with Crippen molar-refractivity contribution in [3.8, 4) is 11.6 Å². The summed E-state index contributed by atoms with van der Waals surface area (Å²) in [6.45, 7) is 0.481. The predicted molar refractivity (Wildman–Crippen MR) is 91.4 cm³/mol. The normalized spacial score (nSPS) is 24.7. The number of methoxy groups -OCH3 is 1. The lowest BCUT2D eigenvalue weighted by molar-refractivity contribution is -0.0477. The molecule has 1 aromatic heterocycles. The number of alkyl halides is 2. The summed E-state index contributed by atoms with van der Waals surface area (Å²) in [5, 5.41) is 9.94. The molecular weight excluding hydrogens is 342 g/mol. The second-order valence-electron chi connectivity index (χ2n) is 7.28. The molecule has 2 aliphatic carbocycles. The summed E-state index contributed by atoms with van der Waals surface area (Å²) in [6, 6.07) is 4.70. The number of nitrogens with zero attached hydrogens (tertiary/aromatic N) is 2. The van der Waals surface area contributed by atoms with Gasteiger partial charge in [0.15, 0.2) is 5.69 Å². The molecule has 5 nitrogen and oxygen atoms in total. The van der Waals surface area contributed by atoms with Gasteiger partial charge < -0.3 is 14.6 Å². The van der Waals surface area contributed by atoms with Crippen molar-refractivity contribution >= 4 is 11.0 Å². The van der Waals surface area contributed by atoms with Crippen molar-refractivity contribution in [2.45, 2.75) is 31.6 Å². The van der Waals surface area contributed by atoms with Gasteiger partial charge in [-0.3, -0.25) is 0 Å². The number of aromatic hydroxyl groups is 1. The van der Waals surface area contributed by atoms with Crippen molar-refractivity contribution in [2.24, 2.45) is 17.8 Å². The van der Waals surface area contributed by atoms with Crippen molar-refractivity contribution in [3.63, 3.8) is 0 Å². The molecule has 2 aliphatic rings. The molecule has 2 aromatic rings. The van der Waals surface area contributed by atoms with Crippen LogP contribution in [0.3, 0.4) is 0 Å². The van der Waals surface area contributed by atoms with Crippen LogP contribution in [0.5, 0.6) is 11.6 Å². The quantitative estimate of drug-likeness (QED) is 0.755. The third-order valence-corrected chi connectivity index (χ3v) is 5.58. The SMILES string of the molecule is COc1ccc2nc(C(F)(F)CCOC[C@H]3CCC4CC43)c(O)nc2c1. The first-order valence-electron chi connectivity index (χ1n) is 8.99. The van der Waals surface area contributed by atoms with Crippen molar-refractivity contribution in [1.82, 2.24) is 9.97 Å². The highest BCUT2D eigenvalue weighted by molar-refractivity contribution is 5.76. The molecule has 1 aromatic carbocycles. The lowest BCUT2D eigenvalue weighted by Gasteiger charge is -2.18. The highest BCUT2D eigenvalue weighted by Gasteiger charge is 2.47. The Labute approximate surface area is 150 Å². The summed E-state index contributed by atoms with van der Waals surface area (Å²) >= 11 is 0. The summed E-state index contributed by atoms with van der Waals surface area (Å²) in [5.74, 6) is -1.41. The van der Waals surface area contributed by atoms with E-state index in [0.717, 1.165) is 18.3 Å². The van der Waals surface area contributed by atoms with Crippen LogP contribution in [0.25, 0.3) is 11.0 Å². The van der Waals surface area contributed by atoms with Crippen LogP contribution in [0, 0.1) is 17.8 Å². The Bertz CT molecular complexity index is 815. The highest BCUT2D eigenvalue weighted by Crippen LogP contribution is 2.55. The largest absolute Gasteiger partial charge is 0.497 e. The van der Waals surface area contributed by atoms with Crippen molar-refractivity contribution in [2.75, 3.05) is 20.3 Å². The van der Waals surface area contributed by atoms with Gasteiger partial charge in [0.25, 0.3) is 5.92 Å². The lowest BCUT2D eigenvalue weighted by Crippen LogP contribution is -2.20. The molecule has 0 radical (unpaired) electrons. The third-order valence-electron chi connectivity index (χ3n) is 5.58. The van der Waals surface area contributed by atoms with Gasteiger partial charge in [-0.05, 0) is 49.1 Å². The molecule has 1 heterocycles. The van der Waals surface area contributed by atoms with Gasteiger partial charge in [-0.1, -0.05) is 0 Å². The Morgan fingerprint density at radius 1 is 1.23 bits per heavy atom. The minimum Gasteiger partial charge on any atom is -0.497 e. The minimum absolute atomic E-state index is 0.0668. The number of hydrogen-bond donors (Lipinski definition) is 1. The van der Waals surface area contributed by atoms with Crippen LogP contribution in [0.1, 0.15) is 31.4 Å². The van der Waals surface area contributed by atoms with Gasteiger partial charge >= 0.3 is 0 Å². The standard InChI is InChI=1S/C19H22F2N2O3/c1-25-13-4-5-15-16(9-13)23-18(24)17(22-15)19(20,21)6-7-26-10-12-3-2-11-8-14(11)12/h4-5,9,11-12,14H,2-3,6-8,10H2,1H3,(H,23,24)/t11?,12-,14?/m1/s1. The second-order valence-corrected chi connectivity index (χ2v) is 7.28. The van der Waals surface area contributed by atoms with Gasteiger partial charge in [0.05, 0.1) is 24.8 Å². The van der Waals surface area contributed by atoms with Crippen LogP contribution >= 0.6 is 0 Å². The van der Waals surface area contributed by atoms with E-state index >= 15 is 0 Å². The van der Waals surface area contributed by atoms with Crippen LogP contribution in [0.2, 0.25) is 0 Å². The van der Waals surface area contributed by atoms with Crippen LogP contribution in [0.4, 0.5) is 8.78 Å². The summed E-state index contributed by atoms with van der Waals surface area (Å²) in [5.41, 5.74) is -0.121. The number of aromatic nitrogens is 2. The van der Waals surface area contributed by atoms with E-state index in [1.165, 1.54) is 20.0 Å². The average molecular weight is 364 g/mol. The van der Waals surface area contributed by atoms with Gasteiger partial charge in [-0.15, -0.1) is 0 Å². The maximum absolute atomic E-state index is 14.5. The maximum Gasteiger partial charge on any atom is 0.297 e. The zero-order valence-corrected chi connectivity index (χ0v) is 14.6. The fraction of sp³-hybridized carbons (Fsp3) is 0.579. The zero-order chi connectivity index (χ0) is 18.3.